The van der Waals surface area contributed by atoms with Crippen LogP contribution in [0.2, 0.25) is 5.02 Å². The maximum Gasteiger partial charge on any atom is 0.125 e. The van der Waals surface area contributed by atoms with Crippen molar-refractivity contribution < 1.29 is 0 Å². The predicted molar refractivity (Wildman–Crippen MR) is 77.7 cm³/mol. The van der Waals surface area contributed by atoms with E-state index in [-0.39, 0.29) is 0 Å². The van der Waals surface area contributed by atoms with Crippen LogP contribution in [-0.4, -0.2) is 9.55 Å². The highest BCUT2D eigenvalue weighted by molar-refractivity contribution is 7.09. The molecular weight excluding hydrogens is 287 g/mol. The number of aromatic nitrogens is 2. The van der Waals surface area contributed by atoms with Gasteiger partial charge in [-0.2, -0.15) is 0 Å². The van der Waals surface area contributed by atoms with Crippen LogP contribution in [0.5, 0.6) is 0 Å². The molecule has 3 aromatic rings. The lowest BCUT2D eigenvalue weighted by Crippen LogP contribution is -2.02. The molecule has 0 fully saturated rings. The SMILES string of the molecule is ClCc1nc2c(Cl)cccc2n1Cc1cccs1. The minimum absolute atomic E-state index is 0.385. The number of benzene rings is 1. The number of hydrogen-bond acceptors (Lipinski definition) is 2. The second-order valence-corrected chi connectivity index (χ2v) is 5.64. The Morgan fingerprint density at radius 2 is 2.11 bits per heavy atom. The van der Waals surface area contributed by atoms with Gasteiger partial charge in [-0.1, -0.05) is 23.7 Å². The molecule has 0 saturated carbocycles. The Balaban J connectivity index is 2.17. The van der Waals surface area contributed by atoms with Crippen LogP contribution in [0.15, 0.2) is 35.7 Å². The van der Waals surface area contributed by atoms with E-state index in [1.54, 1.807) is 11.3 Å². The van der Waals surface area contributed by atoms with Crippen molar-refractivity contribution in [1.82, 2.24) is 9.55 Å². The summed E-state index contributed by atoms with van der Waals surface area (Å²) in [6, 6.07) is 9.98. The van der Waals surface area contributed by atoms with E-state index in [4.69, 9.17) is 23.2 Å². The summed E-state index contributed by atoms with van der Waals surface area (Å²) in [7, 11) is 0. The van der Waals surface area contributed by atoms with Crippen LogP contribution in [0.1, 0.15) is 10.7 Å². The maximum atomic E-state index is 6.16. The first-order chi connectivity index (χ1) is 8.79. The van der Waals surface area contributed by atoms with Gasteiger partial charge in [-0.3, -0.25) is 0 Å². The van der Waals surface area contributed by atoms with Gasteiger partial charge >= 0.3 is 0 Å². The van der Waals surface area contributed by atoms with Crippen molar-refractivity contribution >= 4 is 45.6 Å². The molecule has 0 N–H and O–H groups in total. The van der Waals surface area contributed by atoms with Gasteiger partial charge in [0.05, 0.1) is 23.0 Å². The molecule has 0 radical (unpaired) electrons. The van der Waals surface area contributed by atoms with E-state index in [2.05, 4.69) is 21.0 Å². The van der Waals surface area contributed by atoms with Crippen LogP contribution >= 0.6 is 34.5 Å². The van der Waals surface area contributed by atoms with Gasteiger partial charge in [0, 0.05) is 4.88 Å². The number of fused-ring (bicyclic) bond motifs is 1. The summed E-state index contributed by atoms with van der Waals surface area (Å²) in [5, 5.41) is 2.74. The summed E-state index contributed by atoms with van der Waals surface area (Å²) in [5.41, 5.74) is 1.86. The molecule has 0 aliphatic rings. The van der Waals surface area contributed by atoms with Gasteiger partial charge in [-0.25, -0.2) is 4.98 Å². The average Bonchev–Trinajstić information content (AvgIpc) is 2.99. The third-order valence-corrected chi connectivity index (χ3v) is 4.23. The second-order valence-electron chi connectivity index (χ2n) is 3.93. The molecular formula is C13H10Cl2N2S. The average molecular weight is 297 g/mol. The fraction of sp³-hybridized carbons (Fsp3) is 0.154. The topological polar surface area (TPSA) is 17.8 Å². The molecule has 0 atom stereocenters. The van der Waals surface area contributed by atoms with Crippen molar-refractivity contribution in [3.8, 4) is 0 Å². The predicted octanol–water partition coefficient (Wildman–Crippen LogP) is 4.54. The van der Waals surface area contributed by atoms with Crippen LogP contribution < -0.4 is 0 Å². The van der Waals surface area contributed by atoms with Gasteiger partial charge in [-0.15, -0.1) is 22.9 Å². The summed E-state index contributed by atoms with van der Waals surface area (Å²) < 4.78 is 2.13. The highest BCUT2D eigenvalue weighted by atomic mass is 35.5. The lowest BCUT2D eigenvalue weighted by Gasteiger charge is -2.05. The first-order valence-corrected chi connectivity index (χ1v) is 7.31. The number of thiophene rings is 1. The molecule has 0 amide bonds. The third kappa shape index (κ3) is 2.03. The van der Waals surface area contributed by atoms with Crippen molar-refractivity contribution in [2.24, 2.45) is 0 Å². The number of nitrogens with zero attached hydrogens (tertiary/aromatic N) is 2. The number of rotatable bonds is 3. The van der Waals surface area contributed by atoms with Gasteiger partial charge in [0.1, 0.15) is 11.3 Å². The monoisotopic (exact) mass is 296 g/mol. The summed E-state index contributed by atoms with van der Waals surface area (Å²) in [6.07, 6.45) is 0. The van der Waals surface area contributed by atoms with Crippen LogP contribution in [0.4, 0.5) is 0 Å². The van der Waals surface area contributed by atoms with Crippen molar-refractivity contribution in [2.75, 3.05) is 0 Å². The fourth-order valence-corrected chi connectivity index (χ4v) is 3.11. The molecule has 0 aliphatic carbocycles. The molecule has 0 spiro atoms. The van der Waals surface area contributed by atoms with E-state index in [1.165, 1.54) is 4.88 Å². The van der Waals surface area contributed by atoms with E-state index >= 15 is 0 Å². The van der Waals surface area contributed by atoms with E-state index in [0.29, 0.717) is 10.9 Å². The Morgan fingerprint density at radius 3 is 2.83 bits per heavy atom. The second kappa shape index (κ2) is 4.92. The largest absolute Gasteiger partial charge is 0.322 e. The number of imidazole rings is 1. The molecule has 1 aromatic carbocycles. The molecule has 0 aliphatic heterocycles. The highest BCUT2D eigenvalue weighted by Gasteiger charge is 2.12. The Morgan fingerprint density at radius 1 is 1.22 bits per heavy atom. The van der Waals surface area contributed by atoms with Crippen LogP contribution in [0.25, 0.3) is 11.0 Å². The minimum atomic E-state index is 0.385. The van der Waals surface area contributed by atoms with Crippen molar-refractivity contribution in [3.05, 3.63) is 51.4 Å². The van der Waals surface area contributed by atoms with Crippen LogP contribution in [0, 0.1) is 0 Å². The molecule has 5 heteroatoms. The number of alkyl halides is 1. The van der Waals surface area contributed by atoms with Crippen molar-refractivity contribution in [1.29, 1.82) is 0 Å². The lowest BCUT2D eigenvalue weighted by atomic mass is 10.3. The lowest BCUT2D eigenvalue weighted by molar-refractivity contribution is 0.789. The molecule has 18 heavy (non-hydrogen) atoms. The molecule has 0 bridgehead atoms. The summed E-state index contributed by atoms with van der Waals surface area (Å²) >= 11 is 13.9. The van der Waals surface area contributed by atoms with Gasteiger partial charge in [0.15, 0.2) is 0 Å². The van der Waals surface area contributed by atoms with Gasteiger partial charge in [0.2, 0.25) is 0 Å². The Hall–Kier alpha value is -1.03. The fourth-order valence-electron chi connectivity index (χ4n) is 2.00. The Bertz CT molecular complexity index is 674. The van der Waals surface area contributed by atoms with Gasteiger partial charge in [0.25, 0.3) is 0 Å². The number of para-hydroxylation sites is 1. The van der Waals surface area contributed by atoms with Crippen molar-refractivity contribution in [2.45, 2.75) is 12.4 Å². The molecule has 0 saturated heterocycles. The zero-order valence-corrected chi connectivity index (χ0v) is 11.8. The number of halogens is 2. The summed E-state index contributed by atoms with van der Waals surface area (Å²) in [6.45, 7) is 0.788. The zero-order chi connectivity index (χ0) is 12.5. The van der Waals surface area contributed by atoms with Crippen LogP contribution in [-0.2, 0) is 12.4 Å². The quantitative estimate of drug-likeness (QED) is 0.649. The van der Waals surface area contributed by atoms with Crippen LogP contribution in [0.3, 0.4) is 0 Å². The third-order valence-electron chi connectivity index (χ3n) is 2.82. The highest BCUT2D eigenvalue weighted by Crippen LogP contribution is 2.26. The van der Waals surface area contributed by atoms with E-state index in [9.17, 15) is 0 Å². The first kappa shape index (κ1) is 12.0. The Kier molecular flexibility index (Phi) is 3.29. The summed E-state index contributed by atoms with van der Waals surface area (Å²) in [5.74, 6) is 1.24. The van der Waals surface area contributed by atoms with Gasteiger partial charge < -0.3 is 4.57 Å². The molecule has 2 heterocycles. The molecule has 2 aromatic heterocycles. The maximum absolute atomic E-state index is 6.16. The minimum Gasteiger partial charge on any atom is -0.322 e. The molecule has 0 unspecified atom stereocenters. The number of hydrogen-bond donors (Lipinski definition) is 0. The summed E-state index contributed by atoms with van der Waals surface area (Å²) in [4.78, 5) is 5.79. The van der Waals surface area contributed by atoms with Crippen molar-refractivity contribution in [3.63, 3.8) is 0 Å². The smallest absolute Gasteiger partial charge is 0.125 e. The normalized spacial score (nSPS) is 11.2. The van der Waals surface area contributed by atoms with E-state index in [0.717, 1.165) is 23.4 Å². The zero-order valence-electron chi connectivity index (χ0n) is 9.44. The Labute approximate surface area is 119 Å². The first-order valence-electron chi connectivity index (χ1n) is 5.51. The molecule has 2 nitrogen and oxygen atoms in total. The molecule has 3 rings (SSSR count). The van der Waals surface area contributed by atoms with E-state index < -0.39 is 0 Å². The van der Waals surface area contributed by atoms with E-state index in [1.807, 2.05) is 24.3 Å². The standard InChI is InChI=1S/C13H10Cl2N2S/c14-7-12-16-13-10(15)4-1-5-11(13)17(12)8-9-3-2-6-18-9/h1-6H,7-8H2. The van der Waals surface area contributed by atoms with Gasteiger partial charge in [-0.05, 0) is 23.6 Å². The molecule has 92 valence electrons.